The van der Waals surface area contributed by atoms with Crippen molar-refractivity contribution in [3.05, 3.63) is 29.8 Å². The molecule has 0 aromatic carbocycles. The Bertz CT molecular complexity index is 189. The van der Waals surface area contributed by atoms with Crippen molar-refractivity contribution in [2.45, 2.75) is 6.92 Å². The van der Waals surface area contributed by atoms with Gasteiger partial charge < -0.3 is 5.73 Å². The van der Waals surface area contributed by atoms with Gasteiger partial charge in [-0.2, -0.15) is 4.39 Å². The molecule has 0 aliphatic rings. The van der Waals surface area contributed by atoms with E-state index in [4.69, 9.17) is 4.79 Å². The molecule has 1 rings (SSSR count). The fourth-order valence-electron chi connectivity index (χ4n) is 0.450. The number of rotatable bonds is 0. The molecule has 0 spiro atoms. The molecule has 1 aromatic rings. The van der Waals surface area contributed by atoms with Gasteiger partial charge in [-0.1, -0.05) is 6.07 Å². The second kappa shape index (κ2) is 5.34. The van der Waals surface area contributed by atoms with Crippen LogP contribution in [0.1, 0.15) is 5.56 Å². The summed E-state index contributed by atoms with van der Waals surface area (Å²) in [6.07, 6.45) is 1.75. The predicted molar refractivity (Wildman–Crippen MR) is 39.2 cm³/mol. The van der Waals surface area contributed by atoms with E-state index in [1.54, 1.807) is 6.07 Å². The van der Waals surface area contributed by atoms with Gasteiger partial charge in [0, 0.05) is 6.20 Å². The summed E-state index contributed by atoms with van der Waals surface area (Å²) < 4.78 is 12.0. The monoisotopic (exact) mass is 156 g/mol. The SMILES string of the molecule is Cc1ccc(F)nc1.NC=O. The number of nitrogens with zero attached hydrogens (tertiary/aromatic N) is 1. The summed E-state index contributed by atoms with van der Waals surface area (Å²) in [7, 11) is 0. The number of aryl methyl sites for hydroxylation is 1. The van der Waals surface area contributed by atoms with E-state index >= 15 is 0 Å². The van der Waals surface area contributed by atoms with Gasteiger partial charge in [-0.15, -0.1) is 0 Å². The standard InChI is InChI=1S/C6H6FN.CH3NO/c1-5-2-3-6(7)8-4-5;2-1-3/h2-4H,1H3;1H,(H2,2,3). The number of primary amides is 1. The molecule has 0 fully saturated rings. The highest BCUT2D eigenvalue weighted by Crippen LogP contribution is 1.94. The number of nitrogens with two attached hydrogens (primary N) is 1. The van der Waals surface area contributed by atoms with Crippen molar-refractivity contribution >= 4 is 6.41 Å². The highest BCUT2D eigenvalue weighted by Gasteiger charge is 1.85. The summed E-state index contributed by atoms with van der Waals surface area (Å²) >= 11 is 0. The van der Waals surface area contributed by atoms with Gasteiger partial charge in [0.05, 0.1) is 0 Å². The smallest absolute Gasteiger partial charge is 0.212 e. The number of halogens is 1. The number of aromatic nitrogens is 1. The van der Waals surface area contributed by atoms with Gasteiger partial charge >= 0.3 is 0 Å². The average Bonchev–Trinajstić information content (AvgIpc) is 1.97. The fourth-order valence-corrected chi connectivity index (χ4v) is 0.450. The molecule has 60 valence electrons. The molecule has 2 N–H and O–H groups in total. The van der Waals surface area contributed by atoms with E-state index in [1.807, 2.05) is 6.92 Å². The van der Waals surface area contributed by atoms with Crippen molar-refractivity contribution in [2.75, 3.05) is 0 Å². The lowest BCUT2D eigenvalue weighted by Crippen LogP contribution is -1.82. The highest BCUT2D eigenvalue weighted by atomic mass is 19.1. The maximum Gasteiger partial charge on any atom is 0.212 e. The lowest BCUT2D eigenvalue weighted by molar-refractivity contribution is -0.106. The van der Waals surface area contributed by atoms with Crippen LogP contribution in [0.3, 0.4) is 0 Å². The molecule has 1 amide bonds. The van der Waals surface area contributed by atoms with Gasteiger partial charge in [0.25, 0.3) is 0 Å². The van der Waals surface area contributed by atoms with Crippen molar-refractivity contribution in [1.82, 2.24) is 4.98 Å². The van der Waals surface area contributed by atoms with Gasteiger partial charge in [-0.05, 0) is 18.6 Å². The summed E-state index contributed by atoms with van der Waals surface area (Å²) in [5.74, 6) is -0.421. The maximum atomic E-state index is 12.0. The zero-order valence-corrected chi connectivity index (χ0v) is 6.12. The summed E-state index contributed by atoms with van der Waals surface area (Å²) in [4.78, 5) is 12.0. The van der Waals surface area contributed by atoms with E-state index in [-0.39, 0.29) is 6.41 Å². The molecule has 0 unspecified atom stereocenters. The first-order valence-electron chi connectivity index (χ1n) is 2.94. The molecule has 0 radical (unpaired) electrons. The molecule has 1 aromatic heterocycles. The van der Waals surface area contributed by atoms with Crippen molar-refractivity contribution in [1.29, 1.82) is 0 Å². The molecule has 0 aliphatic heterocycles. The van der Waals surface area contributed by atoms with E-state index < -0.39 is 5.95 Å². The lowest BCUT2D eigenvalue weighted by atomic mass is 10.3. The van der Waals surface area contributed by atoms with Crippen LogP contribution in [0.5, 0.6) is 0 Å². The van der Waals surface area contributed by atoms with Crippen LogP contribution in [0.2, 0.25) is 0 Å². The van der Waals surface area contributed by atoms with E-state index in [0.717, 1.165) is 5.56 Å². The number of amides is 1. The van der Waals surface area contributed by atoms with Crippen molar-refractivity contribution < 1.29 is 9.18 Å². The van der Waals surface area contributed by atoms with Crippen molar-refractivity contribution in [2.24, 2.45) is 5.73 Å². The Morgan fingerprint density at radius 1 is 1.64 bits per heavy atom. The Morgan fingerprint density at radius 2 is 2.18 bits per heavy atom. The third-order valence-electron chi connectivity index (χ3n) is 0.875. The van der Waals surface area contributed by atoms with Crippen molar-refractivity contribution in [3.63, 3.8) is 0 Å². The molecule has 11 heavy (non-hydrogen) atoms. The van der Waals surface area contributed by atoms with Crippen LogP contribution in [0.4, 0.5) is 4.39 Å². The van der Waals surface area contributed by atoms with Gasteiger partial charge in [-0.3, -0.25) is 4.79 Å². The predicted octanol–water partition coefficient (Wildman–Crippen LogP) is 0.631. The molecule has 1 heterocycles. The van der Waals surface area contributed by atoms with E-state index in [1.165, 1.54) is 12.3 Å². The minimum Gasteiger partial charge on any atom is -0.372 e. The number of carbonyl (C=O) groups excluding carboxylic acids is 1. The highest BCUT2D eigenvalue weighted by molar-refractivity contribution is 5.42. The first-order chi connectivity index (χ1) is 5.20. The van der Waals surface area contributed by atoms with Crippen LogP contribution in [0.25, 0.3) is 0 Å². The Hall–Kier alpha value is -1.45. The summed E-state index contributed by atoms with van der Waals surface area (Å²) in [6.45, 7) is 1.87. The van der Waals surface area contributed by atoms with Gasteiger partial charge in [0.1, 0.15) is 0 Å². The molecule has 4 heteroatoms. The Balaban J connectivity index is 0.000000292. The summed E-state index contributed by atoms with van der Waals surface area (Å²) in [6, 6.07) is 3.03. The average molecular weight is 156 g/mol. The largest absolute Gasteiger partial charge is 0.372 e. The Kier molecular flexibility index (Phi) is 4.64. The summed E-state index contributed by atoms with van der Waals surface area (Å²) in [5.41, 5.74) is 5.14. The van der Waals surface area contributed by atoms with Crippen LogP contribution in [0.15, 0.2) is 18.3 Å². The normalized spacial score (nSPS) is 7.82. The van der Waals surface area contributed by atoms with Gasteiger partial charge in [-0.25, -0.2) is 4.98 Å². The van der Waals surface area contributed by atoms with Gasteiger partial charge in [0.2, 0.25) is 12.4 Å². The second-order valence-corrected chi connectivity index (χ2v) is 1.79. The third-order valence-corrected chi connectivity index (χ3v) is 0.875. The van der Waals surface area contributed by atoms with Crippen LogP contribution < -0.4 is 5.73 Å². The number of carbonyl (C=O) groups is 1. The summed E-state index contributed by atoms with van der Waals surface area (Å²) in [5, 5.41) is 0. The molecule has 0 aliphatic carbocycles. The Morgan fingerprint density at radius 3 is 2.45 bits per heavy atom. The number of pyridine rings is 1. The quantitative estimate of drug-likeness (QED) is 0.442. The maximum absolute atomic E-state index is 12.0. The number of hydrogen-bond acceptors (Lipinski definition) is 2. The van der Waals surface area contributed by atoms with Crippen LogP contribution in [0, 0.1) is 12.9 Å². The minimum atomic E-state index is -0.421. The first kappa shape index (κ1) is 9.55. The van der Waals surface area contributed by atoms with E-state index in [9.17, 15) is 4.39 Å². The molecule has 0 bridgehead atoms. The topological polar surface area (TPSA) is 56.0 Å². The third kappa shape index (κ3) is 5.02. The first-order valence-corrected chi connectivity index (χ1v) is 2.94. The fraction of sp³-hybridized carbons (Fsp3) is 0.143. The van der Waals surface area contributed by atoms with Crippen molar-refractivity contribution in [3.8, 4) is 0 Å². The van der Waals surface area contributed by atoms with Crippen LogP contribution in [-0.4, -0.2) is 11.4 Å². The molecule has 0 saturated heterocycles. The van der Waals surface area contributed by atoms with E-state index in [0.29, 0.717) is 0 Å². The molecular weight excluding hydrogens is 147 g/mol. The molecule has 0 saturated carbocycles. The zero-order chi connectivity index (χ0) is 8.69. The minimum absolute atomic E-state index is 0.250. The zero-order valence-electron chi connectivity index (χ0n) is 6.12. The Labute approximate surface area is 64.1 Å². The van der Waals surface area contributed by atoms with Gasteiger partial charge in [0.15, 0.2) is 0 Å². The molecular formula is C7H9FN2O. The van der Waals surface area contributed by atoms with Crippen LogP contribution in [-0.2, 0) is 4.79 Å². The van der Waals surface area contributed by atoms with Crippen LogP contribution >= 0.6 is 0 Å². The second-order valence-electron chi connectivity index (χ2n) is 1.79. The molecule has 3 nitrogen and oxygen atoms in total. The lowest BCUT2D eigenvalue weighted by Gasteiger charge is -1.86. The molecule has 0 atom stereocenters. The number of hydrogen-bond donors (Lipinski definition) is 1. The van der Waals surface area contributed by atoms with E-state index in [2.05, 4.69) is 10.7 Å².